The first-order chi connectivity index (χ1) is 5.36. The van der Waals surface area contributed by atoms with Crippen LogP contribution in [0.25, 0.3) is 0 Å². The third-order valence-electron chi connectivity index (χ3n) is 4.39. The van der Waals surface area contributed by atoms with Gasteiger partial charge in [-0.15, -0.1) is 0 Å². The summed E-state index contributed by atoms with van der Waals surface area (Å²) in [4.78, 5) is 0. The van der Waals surface area contributed by atoms with Crippen molar-refractivity contribution in [2.75, 3.05) is 0 Å². The van der Waals surface area contributed by atoms with Crippen molar-refractivity contribution in [2.45, 2.75) is 38.2 Å². The first-order valence-corrected chi connectivity index (χ1v) is 5.04. The van der Waals surface area contributed by atoms with E-state index in [0.29, 0.717) is 5.92 Å². The molecule has 3 aliphatic rings. The van der Waals surface area contributed by atoms with E-state index in [-0.39, 0.29) is 6.10 Å². The highest BCUT2D eigenvalue weighted by Crippen LogP contribution is 2.58. The van der Waals surface area contributed by atoms with Crippen LogP contribution in [0, 0.1) is 23.7 Å². The lowest BCUT2D eigenvalue weighted by molar-refractivity contribution is 0.0642. The van der Waals surface area contributed by atoms with E-state index < -0.39 is 0 Å². The molecular formula is C10H16O. The fourth-order valence-electron chi connectivity index (χ4n) is 4.03. The number of aliphatic hydroxyl groups is 1. The summed E-state index contributed by atoms with van der Waals surface area (Å²) in [6.45, 7) is 0. The third-order valence-corrected chi connectivity index (χ3v) is 4.39. The van der Waals surface area contributed by atoms with Crippen molar-refractivity contribution < 1.29 is 5.11 Å². The second-order valence-electron chi connectivity index (χ2n) is 4.72. The summed E-state index contributed by atoms with van der Waals surface area (Å²) in [5.41, 5.74) is 0. The van der Waals surface area contributed by atoms with E-state index >= 15 is 0 Å². The van der Waals surface area contributed by atoms with Gasteiger partial charge in [-0.1, -0.05) is 6.42 Å². The van der Waals surface area contributed by atoms with E-state index in [0.717, 1.165) is 24.2 Å². The minimum atomic E-state index is 0.0827. The Bertz CT molecular complexity index is 178. The van der Waals surface area contributed by atoms with Crippen LogP contribution in [0.3, 0.4) is 0 Å². The Hall–Kier alpha value is -0.0400. The van der Waals surface area contributed by atoms with E-state index in [1.165, 1.54) is 25.7 Å². The fourth-order valence-corrected chi connectivity index (χ4v) is 4.03. The summed E-state index contributed by atoms with van der Waals surface area (Å²) in [6, 6.07) is 0. The van der Waals surface area contributed by atoms with Gasteiger partial charge in [-0.25, -0.2) is 0 Å². The summed E-state index contributed by atoms with van der Waals surface area (Å²) in [5, 5.41) is 9.67. The lowest BCUT2D eigenvalue weighted by atomic mass is 9.80. The van der Waals surface area contributed by atoms with Crippen LogP contribution >= 0.6 is 0 Å². The molecule has 5 atom stereocenters. The van der Waals surface area contributed by atoms with Crippen LogP contribution in [0.5, 0.6) is 0 Å². The quantitative estimate of drug-likeness (QED) is 0.561. The molecule has 0 unspecified atom stereocenters. The SMILES string of the molecule is O[C@H]1C[C@H]2C[C@H]1[C@H]1CCC[C@@H]21. The lowest BCUT2D eigenvalue weighted by Gasteiger charge is -2.28. The van der Waals surface area contributed by atoms with Gasteiger partial charge >= 0.3 is 0 Å². The largest absolute Gasteiger partial charge is 0.393 e. The number of aliphatic hydroxyl groups excluding tert-OH is 1. The van der Waals surface area contributed by atoms with E-state index in [1.54, 1.807) is 0 Å². The van der Waals surface area contributed by atoms with E-state index in [4.69, 9.17) is 0 Å². The Morgan fingerprint density at radius 1 is 0.909 bits per heavy atom. The zero-order valence-electron chi connectivity index (χ0n) is 6.87. The van der Waals surface area contributed by atoms with Gasteiger partial charge in [-0.05, 0) is 49.4 Å². The smallest absolute Gasteiger partial charge is 0.0574 e. The first-order valence-electron chi connectivity index (χ1n) is 5.04. The van der Waals surface area contributed by atoms with Crippen LogP contribution < -0.4 is 0 Å². The van der Waals surface area contributed by atoms with Crippen molar-refractivity contribution in [2.24, 2.45) is 23.7 Å². The Morgan fingerprint density at radius 3 is 2.64 bits per heavy atom. The number of hydrogen-bond donors (Lipinski definition) is 1. The van der Waals surface area contributed by atoms with Crippen LogP contribution in [0.4, 0.5) is 0 Å². The Kier molecular flexibility index (Phi) is 1.18. The van der Waals surface area contributed by atoms with Gasteiger partial charge in [0.1, 0.15) is 0 Å². The molecule has 3 saturated carbocycles. The molecule has 0 radical (unpaired) electrons. The van der Waals surface area contributed by atoms with Crippen molar-refractivity contribution in [1.82, 2.24) is 0 Å². The fraction of sp³-hybridized carbons (Fsp3) is 1.00. The summed E-state index contributed by atoms with van der Waals surface area (Å²) in [7, 11) is 0. The summed E-state index contributed by atoms with van der Waals surface area (Å²) in [5.74, 6) is 3.60. The predicted octanol–water partition coefficient (Wildman–Crippen LogP) is 1.80. The normalized spacial score (nSPS) is 60.3. The molecule has 0 heterocycles. The van der Waals surface area contributed by atoms with Crippen molar-refractivity contribution in [1.29, 1.82) is 0 Å². The molecule has 0 aromatic heterocycles. The minimum absolute atomic E-state index is 0.0827. The average Bonchev–Trinajstić information content (AvgIpc) is 2.52. The standard InChI is InChI=1S/C10H16O/c11-10-5-6-4-9(10)8-3-1-2-7(6)8/h6-11H,1-5H2/t6-,7+,8+,9+,10+/m1/s1. The highest BCUT2D eigenvalue weighted by atomic mass is 16.3. The van der Waals surface area contributed by atoms with E-state index in [1.807, 2.05) is 0 Å². The molecule has 3 fully saturated rings. The minimum Gasteiger partial charge on any atom is -0.393 e. The topological polar surface area (TPSA) is 20.2 Å². The first kappa shape index (κ1) is 6.47. The van der Waals surface area contributed by atoms with Gasteiger partial charge in [0.2, 0.25) is 0 Å². The maximum absolute atomic E-state index is 9.67. The Morgan fingerprint density at radius 2 is 1.73 bits per heavy atom. The second kappa shape index (κ2) is 2.01. The van der Waals surface area contributed by atoms with Crippen LogP contribution in [-0.4, -0.2) is 11.2 Å². The maximum Gasteiger partial charge on any atom is 0.0574 e. The molecule has 3 rings (SSSR count). The van der Waals surface area contributed by atoms with Gasteiger partial charge in [0.15, 0.2) is 0 Å². The summed E-state index contributed by atoms with van der Waals surface area (Å²) >= 11 is 0. The van der Waals surface area contributed by atoms with Crippen molar-refractivity contribution >= 4 is 0 Å². The molecule has 1 nitrogen and oxygen atoms in total. The molecule has 2 bridgehead atoms. The monoisotopic (exact) mass is 152 g/mol. The molecule has 0 aliphatic heterocycles. The Labute approximate surface area is 67.8 Å². The van der Waals surface area contributed by atoms with Crippen molar-refractivity contribution in [3.8, 4) is 0 Å². The molecule has 0 saturated heterocycles. The maximum atomic E-state index is 9.67. The van der Waals surface area contributed by atoms with Crippen LogP contribution in [-0.2, 0) is 0 Å². The van der Waals surface area contributed by atoms with Gasteiger partial charge in [0, 0.05) is 0 Å². The third kappa shape index (κ3) is 0.703. The Balaban J connectivity index is 1.90. The zero-order chi connectivity index (χ0) is 7.42. The molecule has 11 heavy (non-hydrogen) atoms. The van der Waals surface area contributed by atoms with Crippen LogP contribution in [0.1, 0.15) is 32.1 Å². The number of hydrogen-bond acceptors (Lipinski definition) is 1. The number of fused-ring (bicyclic) bond motifs is 5. The highest BCUT2D eigenvalue weighted by Gasteiger charge is 2.53. The van der Waals surface area contributed by atoms with Crippen molar-refractivity contribution in [3.63, 3.8) is 0 Å². The average molecular weight is 152 g/mol. The lowest BCUT2D eigenvalue weighted by Crippen LogP contribution is -2.27. The number of rotatable bonds is 0. The van der Waals surface area contributed by atoms with Gasteiger partial charge in [-0.3, -0.25) is 0 Å². The zero-order valence-corrected chi connectivity index (χ0v) is 6.87. The van der Waals surface area contributed by atoms with Gasteiger partial charge in [-0.2, -0.15) is 0 Å². The molecular weight excluding hydrogens is 136 g/mol. The van der Waals surface area contributed by atoms with Crippen molar-refractivity contribution in [3.05, 3.63) is 0 Å². The molecule has 1 heteroatoms. The van der Waals surface area contributed by atoms with Crippen LogP contribution in [0.2, 0.25) is 0 Å². The molecule has 0 aromatic carbocycles. The van der Waals surface area contributed by atoms with Gasteiger partial charge in [0.25, 0.3) is 0 Å². The molecule has 62 valence electrons. The molecule has 0 spiro atoms. The molecule has 0 amide bonds. The second-order valence-corrected chi connectivity index (χ2v) is 4.72. The predicted molar refractivity (Wildman–Crippen MR) is 43.1 cm³/mol. The summed E-state index contributed by atoms with van der Waals surface area (Å²) < 4.78 is 0. The van der Waals surface area contributed by atoms with E-state index in [2.05, 4.69) is 0 Å². The molecule has 1 N–H and O–H groups in total. The van der Waals surface area contributed by atoms with Crippen LogP contribution in [0.15, 0.2) is 0 Å². The van der Waals surface area contributed by atoms with Gasteiger partial charge < -0.3 is 5.11 Å². The van der Waals surface area contributed by atoms with E-state index in [9.17, 15) is 5.11 Å². The summed E-state index contributed by atoms with van der Waals surface area (Å²) in [6.07, 6.45) is 6.90. The molecule has 3 aliphatic carbocycles. The highest BCUT2D eigenvalue weighted by molar-refractivity contribution is 5.02. The van der Waals surface area contributed by atoms with Gasteiger partial charge in [0.05, 0.1) is 6.10 Å². The molecule has 0 aromatic rings.